The second-order valence-corrected chi connectivity index (χ2v) is 7.03. The zero-order valence-electron chi connectivity index (χ0n) is 14.1. The monoisotopic (exact) mass is 431 g/mol. The highest BCUT2D eigenvalue weighted by Crippen LogP contribution is 2.36. The molecular weight excluding hydrogens is 418 g/mol. The molecule has 2 aromatic rings. The first-order valence-corrected chi connectivity index (χ1v) is 8.96. The van der Waals surface area contributed by atoms with Gasteiger partial charge in [-0.25, -0.2) is 4.79 Å². The van der Waals surface area contributed by atoms with E-state index >= 15 is 0 Å². The van der Waals surface area contributed by atoms with Crippen LogP contribution >= 0.6 is 27.5 Å². The molecule has 1 aliphatic rings. The van der Waals surface area contributed by atoms with Crippen molar-refractivity contribution in [3.63, 3.8) is 0 Å². The molecular formula is C20H15BrClNO3. The molecule has 132 valence electrons. The van der Waals surface area contributed by atoms with Crippen molar-refractivity contribution in [1.82, 2.24) is 0 Å². The van der Waals surface area contributed by atoms with Gasteiger partial charge in [0, 0.05) is 20.9 Å². The molecule has 0 fully saturated rings. The van der Waals surface area contributed by atoms with Crippen LogP contribution in [0.3, 0.4) is 0 Å². The lowest BCUT2D eigenvalue weighted by Gasteiger charge is -2.18. The summed E-state index contributed by atoms with van der Waals surface area (Å²) in [7, 11) is 1.30. The van der Waals surface area contributed by atoms with E-state index in [1.807, 2.05) is 30.3 Å². The lowest BCUT2D eigenvalue weighted by molar-refractivity contribution is -0.136. The second-order valence-electron chi connectivity index (χ2n) is 5.68. The second kappa shape index (κ2) is 7.48. The van der Waals surface area contributed by atoms with Crippen molar-refractivity contribution in [3.8, 4) is 0 Å². The first kappa shape index (κ1) is 18.4. The summed E-state index contributed by atoms with van der Waals surface area (Å²) >= 11 is 9.41. The lowest BCUT2D eigenvalue weighted by atomic mass is 10.0. The van der Waals surface area contributed by atoms with Gasteiger partial charge in [0.05, 0.1) is 18.3 Å². The Kier molecular flexibility index (Phi) is 5.30. The molecule has 0 saturated carbocycles. The van der Waals surface area contributed by atoms with Gasteiger partial charge in [-0.15, -0.1) is 0 Å². The number of rotatable bonds is 3. The molecule has 0 saturated heterocycles. The summed E-state index contributed by atoms with van der Waals surface area (Å²) in [5.74, 6) is -0.839. The maximum atomic E-state index is 13.1. The van der Waals surface area contributed by atoms with Crippen molar-refractivity contribution in [2.24, 2.45) is 0 Å². The van der Waals surface area contributed by atoms with Crippen LogP contribution in [-0.4, -0.2) is 19.0 Å². The van der Waals surface area contributed by atoms with E-state index in [-0.39, 0.29) is 17.1 Å². The van der Waals surface area contributed by atoms with Crippen LogP contribution in [0.25, 0.3) is 6.08 Å². The molecule has 0 bridgehead atoms. The van der Waals surface area contributed by atoms with Gasteiger partial charge in [-0.1, -0.05) is 39.7 Å². The maximum Gasteiger partial charge on any atom is 0.340 e. The van der Waals surface area contributed by atoms with E-state index in [4.69, 9.17) is 16.3 Å². The van der Waals surface area contributed by atoms with E-state index in [0.29, 0.717) is 16.4 Å². The Bertz CT molecular complexity index is 948. The first-order valence-electron chi connectivity index (χ1n) is 7.79. The third-order valence-electron chi connectivity index (χ3n) is 4.03. The van der Waals surface area contributed by atoms with Crippen LogP contribution in [-0.2, 0) is 14.3 Å². The number of carbonyl (C=O) groups is 2. The summed E-state index contributed by atoms with van der Waals surface area (Å²) in [4.78, 5) is 26.9. The molecule has 0 atom stereocenters. The average molecular weight is 433 g/mol. The highest BCUT2D eigenvalue weighted by molar-refractivity contribution is 9.10. The zero-order valence-corrected chi connectivity index (χ0v) is 16.5. The fourth-order valence-corrected chi connectivity index (χ4v) is 3.31. The maximum absolute atomic E-state index is 13.1. The molecule has 0 radical (unpaired) electrons. The minimum atomic E-state index is -0.552. The van der Waals surface area contributed by atoms with Gasteiger partial charge in [-0.05, 0) is 55.0 Å². The molecule has 26 heavy (non-hydrogen) atoms. The van der Waals surface area contributed by atoms with E-state index in [9.17, 15) is 9.59 Å². The predicted molar refractivity (Wildman–Crippen MR) is 106 cm³/mol. The largest absolute Gasteiger partial charge is 0.465 e. The molecule has 1 heterocycles. The normalized spacial score (nSPS) is 15.8. The van der Waals surface area contributed by atoms with Gasteiger partial charge in [0.15, 0.2) is 0 Å². The number of allylic oxidation sites excluding steroid dienone is 1. The van der Waals surface area contributed by atoms with Crippen LogP contribution in [0.4, 0.5) is 5.69 Å². The number of nitrogens with zero attached hydrogens (tertiary/aromatic N) is 1. The van der Waals surface area contributed by atoms with Crippen LogP contribution in [0.15, 0.2) is 69.8 Å². The quantitative estimate of drug-likeness (QED) is 0.508. The molecule has 0 spiro atoms. The van der Waals surface area contributed by atoms with E-state index in [1.54, 1.807) is 31.2 Å². The number of amides is 1. The SMILES string of the molecule is COC(=O)C1=C(C)N(c2ccc(Br)cc2)C(=O)/C1=C\c1cccc(Cl)c1. The summed E-state index contributed by atoms with van der Waals surface area (Å²) in [6.45, 7) is 1.73. The van der Waals surface area contributed by atoms with Crippen LogP contribution < -0.4 is 4.90 Å². The molecule has 1 aliphatic heterocycles. The minimum absolute atomic E-state index is 0.250. The van der Waals surface area contributed by atoms with E-state index < -0.39 is 5.97 Å². The van der Waals surface area contributed by atoms with Gasteiger partial charge in [0.2, 0.25) is 0 Å². The van der Waals surface area contributed by atoms with Crippen molar-refractivity contribution in [3.05, 3.63) is 80.4 Å². The number of halogens is 2. The average Bonchev–Trinajstić information content (AvgIpc) is 2.86. The van der Waals surface area contributed by atoms with E-state index in [1.165, 1.54) is 12.0 Å². The van der Waals surface area contributed by atoms with Gasteiger partial charge in [0.25, 0.3) is 5.91 Å². The van der Waals surface area contributed by atoms with Gasteiger partial charge < -0.3 is 4.74 Å². The van der Waals surface area contributed by atoms with Crippen molar-refractivity contribution < 1.29 is 14.3 Å². The molecule has 3 rings (SSSR count). The highest BCUT2D eigenvalue weighted by atomic mass is 79.9. The van der Waals surface area contributed by atoms with Gasteiger partial charge in [-0.3, -0.25) is 9.69 Å². The van der Waals surface area contributed by atoms with Crippen LogP contribution in [0.5, 0.6) is 0 Å². The molecule has 4 nitrogen and oxygen atoms in total. The van der Waals surface area contributed by atoms with Gasteiger partial charge >= 0.3 is 5.97 Å². The summed E-state index contributed by atoms with van der Waals surface area (Å²) in [6.07, 6.45) is 1.66. The van der Waals surface area contributed by atoms with Crippen molar-refractivity contribution in [1.29, 1.82) is 0 Å². The lowest BCUT2D eigenvalue weighted by Crippen LogP contribution is -2.24. The summed E-state index contributed by atoms with van der Waals surface area (Å²) in [6, 6.07) is 14.4. The number of esters is 1. The van der Waals surface area contributed by atoms with Crippen molar-refractivity contribution >= 4 is 51.2 Å². The molecule has 6 heteroatoms. The fraction of sp³-hybridized carbons (Fsp3) is 0.100. The number of methoxy groups -OCH3 is 1. The van der Waals surface area contributed by atoms with Gasteiger partial charge in [0.1, 0.15) is 0 Å². The smallest absolute Gasteiger partial charge is 0.340 e. The van der Waals surface area contributed by atoms with Crippen LogP contribution in [0, 0.1) is 0 Å². The molecule has 0 N–H and O–H groups in total. The minimum Gasteiger partial charge on any atom is -0.465 e. The van der Waals surface area contributed by atoms with Crippen molar-refractivity contribution in [2.45, 2.75) is 6.92 Å². The Labute approximate surface area is 164 Å². The third-order valence-corrected chi connectivity index (χ3v) is 4.80. The van der Waals surface area contributed by atoms with E-state index in [2.05, 4.69) is 15.9 Å². The predicted octanol–water partition coefficient (Wildman–Crippen LogP) is 4.98. The van der Waals surface area contributed by atoms with Crippen LogP contribution in [0.1, 0.15) is 12.5 Å². The Morgan fingerprint density at radius 3 is 2.50 bits per heavy atom. The Balaban J connectivity index is 2.13. The Morgan fingerprint density at radius 2 is 1.88 bits per heavy atom. The fourth-order valence-electron chi connectivity index (χ4n) is 2.84. The molecule has 1 amide bonds. The van der Waals surface area contributed by atoms with Crippen molar-refractivity contribution in [2.75, 3.05) is 12.0 Å². The zero-order chi connectivity index (χ0) is 18.8. The van der Waals surface area contributed by atoms with Gasteiger partial charge in [-0.2, -0.15) is 0 Å². The summed E-state index contributed by atoms with van der Waals surface area (Å²) < 4.78 is 5.80. The Hall–Kier alpha value is -2.37. The number of hydrogen-bond donors (Lipinski definition) is 0. The van der Waals surface area contributed by atoms with Crippen LogP contribution in [0.2, 0.25) is 5.02 Å². The summed E-state index contributed by atoms with van der Waals surface area (Å²) in [5, 5.41) is 0.551. The summed E-state index contributed by atoms with van der Waals surface area (Å²) in [5.41, 5.74) is 2.46. The number of hydrogen-bond acceptors (Lipinski definition) is 3. The molecule has 2 aromatic carbocycles. The van der Waals surface area contributed by atoms with E-state index in [0.717, 1.165) is 10.0 Å². The highest BCUT2D eigenvalue weighted by Gasteiger charge is 2.37. The topological polar surface area (TPSA) is 46.6 Å². The molecule has 0 aromatic heterocycles. The number of ether oxygens (including phenoxy) is 1. The first-order chi connectivity index (χ1) is 12.4. The standard InChI is InChI=1S/C20H15BrClNO3/c1-12-18(20(25)26-2)17(11-13-4-3-5-15(22)10-13)19(24)23(12)16-8-6-14(21)7-9-16/h3-11H,1-2H3/b17-11-. The molecule has 0 aliphatic carbocycles. The number of anilines is 1. The number of benzene rings is 2. The third kappa shape index (κ3) is 3.45. The number of carbonyl (C=O) groups excluding carboxylic acids is 2. The Morgan fingerprint density at radius 1 is 1.19 bits per heavy atom. The molecule has 0 unspecified atom stereocenters.